The van der Waals surface area contributed by atoms with E-state index in [4.69, 9.17) is 5.73 Å². The van der Waals surface area contributed by atoms with Crippen LogP contribution in [0.5, 0.6) is 0 Å². The van der Waals surface area contributed by atoms with Gasteiger partial charge in [-0.15, -0.1) is 0 Å². The topological polar surface area (TPSA) is 70.1 Å². The minimum absolute atomic E-state index is 0.406. The number of carbonyl (C=O) groups is 1. The predicted molar refractivity (Wildman–Crippen MR) is 69.0 cm³/mol. The van der Waals surface area contributed by atoms with E-state index in [1.165, 1.54) is 13.2 Å². The molecule has 0 radical (unpaired) electrons. The maximum absolute atomic E-state index is 10.9. The van der Waals surface area contributed by atoms with Crippen LogP contribution in [0.25, 0.3) is 11.8 Å². The summed E-state index contributed by atoms with van der Waals surface area (Å²) in [5.74, 6) is -0.406. The predicted octanol–water partition coefficient (Wildman–Crippen LogP) is 1.64. The van der Waals surface area contributed by atoms with E-state index >= 15 is 0 Å². The van der Waals surface area contributed by atoms with Gasteiger partial charge in [-0.25, -0.2) is 9.78 Å². The first-order chi connectivity index (χ1) is 8.69. The van der Waals surface area contributed by atoms with Crippen LogP contribution in [0.4, 0.5) is 5.69 Å². The molecule has 0 bridgehead atoms. The molecule has 0 saturated carbocycles. The summed E-state index contributed by atoms with van der Waals surface area (Å²) < 4.78 is 6.35. The van der Waals surface area contributed by atoms with Gasteiger partial charge in [-0.2, -0.15) is 0 Å². The molecule has 0 fully saturated rings. The van der Waals surface area contributed by atoms with Gasteiger partial charge in [-0.1, -0.05) is 0 Å². The summed E-state index contributed by atoms with van der Waals surface area (Å²) in [6, 6.07) is 7.42. The smallest absolute Gasteiger partial charge is 0.330 e. The molecule has 92 valence electrons. The molecule has 18 heavy (non-hydrogen) atoms. The van der Waals surface area contributed by atoms with E-state index < -0.39 is 5.97 Å². The van der Waals surface area contributed by atoms with Crippen molar-refractivity contribution in [3.05, 3.63) is 48.6 Å². The Bertz CT molecular complexity index is 570. The van der Waals surface area contributed by atoms with Crippen LogP contribution in [0.2, 0.25) is 0 Å². The second-order valence-corrected chi connectivity index (χ2v) is 3.65. The van der Waals surface area contributed by atoms with Crippen LogP contribution in [-0.4, -0.2) is 22.6 Å². The van der Waals surface area contributed by atoms with Crippen molar-refractivity contribution in [1.82, 2.24) is 9.55 Å². The van der Waals surface area contributed by atoms with Gasteiger partial charge in [0.1, 0.15) is 0 Å². The number of ether oxygens (including phenoxy) is 1. The van der Waals surface area contributed by atoms with Gasteiger partial charge in [-0.05, 0) is 30.3 Å². The number of hydrogen-bond donors (Lipinski definition) is 1. The Morgan fingerprint density at radius 2 is 2.11 bits per heavy atom. The Morgan fingerprint density at radius 1 is 1.39 bits per heavy atom. The molecule has 0 aliphatic rings. The zero-order chi connectivity index (χ0) is 13.0. The SMILES string of the molecule is COC(=O)C=Cc1cn(-c2ccc(N)cc2)cn1. The number of rotatable bonds is 3. The lowest BCUT2D eigenvalue weighted by Crippen LogP contribution is -1.93. The first-order valence-electron chi connectivity index (χ1n) is 5.35. The van der Waals surface area contributed by atoms with E-state index in [9.17, 15) is 4.79 Å². The summed E-state index contributed by atoms with van der Waals surface area (Å²) in [5.41, 5.74) is 7.96. The number of esters is 1. The Labute approximate surface area is 105 Å². The maximum Gasteiger partial charge on any atom is 0.330 e. The Morgan fingerprint density at radius 3 is 2.78 bits per heavy atom. The monoisotopic (exact) mass is 243 g/mol. The van der Waals surface area contributed by atoms with Crippen molar-refractivity contribution in [2.24, 2.45) is 0 Å². The summed E-state index contributed by atoms with van der Waals surface area (Å²) in [6.07, 6.45) is 6.41. The van der Waals surface area contributed by atoms with Gasteiger partial charge in [0, 0.05) is 23.6 Å². The molecule has 5 heteroatoms. The van der Waals surface area contributed by atoms with Crippen molar-refractivity contribution < 1.29 is 9.53 Å². The Hall–Kier alpha value is -2.56. The average molecular weight is 243 g/mol. The lowest BCUT2D eigenvalue weighted by atomic mass is 10.3. The highest BCUT2D eigenvalue weighted by Crippen LogP contribution is 2.11. The van der Waals surface area contributed by atoms with E-state index in [-0.39, 0.29) is 0 Å². The highest BCUT2D eigenvalue weighted by molar-refractivity contribution is 5.86. The highest BCUT2D eigenvalue weighted by Gasteiger charge is 1.99. The summed E-state index contributed by atoms with van der Waals surface area (Å²) in [6.45, 7) is 0. The van der Waals surface area contributed by atoms with Crippen molar-refractivity contribution in [2.45, 2.75) is 0 Å². The van der Waals surface area contributed by atoms with Crippen molar-refractivity contribution in [3.63, 3.8) is 0 Å². The molecule has 1 aromatic heterocycles. The molecule has 0 unspecified atom stereocenters. The van der Waals surface area contributed by atoms with Crippen LogP contribution in [0.15, 0.2) is 42.9 Å². The second kappa shape index (κ2) is 5.18. The van der Waals surface area contributed by atoms with Crippen LogP contribution >= 0.6 is 0 Å². The first-order valence-corrected chi connectivity index (χ1v) is 5.35. The first kappa shape index (κ1) is 11.9. The van der Waals surface area contributed by atoms with Gasteiger partial charge in [0.2, 0.25) is 0 Å². The van der Waals surface area contributed by atoms with Crippen molar-refractivity contribution in [2.75, 3.05) is 12.8 Å². The molecule has 1 heterocycles. The van der Waals surface area contributed by atoms with Gasteiger partial charge in [-0.3, -0.25) is 0 Å². The maximum atomic E-state index is 10.9. The molecule has 1 aromatic carbocycles. The van der Waals surface area contributed by atoms with Crippen LogP contribution in [-0.2, 0) is 9.53 Å². The minimum Gasteiger partial charge on any atom is -0.466 e. The van der Waals surface area contributed by atoms with E-state index in [0.29, 0.717) is 11.4 Å². The number of nitrogens with zero attached hydrogens (tertiary/aromatic N) is 2. The molecule has 5 nitrogen and oxygen atoms in total. The number of nitrogens with two attached hydrogens (primary N) is 1. The number of anilines is 1. The molecule has 2 aromatic rings. The molecule has 0 aliphatic carbocycles. The standard InChI is InChI=1S/C13H13N3O2/c1-18-13(17)7-4-11-8-16(9-15-11)12-5-2-10(14)3-6-12/h2-9H,14H2,1H3. The third-order valence-electron chi connectivity index (χ3n) is 2.39. The zero-order valence-corrected chi connectivity index (χ0v) is 9.91. The lowest BCUT2D eigenvalue weighted by Gasteiger charge is -2.01. The van der Waals surface area contributed by atoms with Gasteiger partial charge in [0.05, 0.1) is 19.1 Å². The highest BCUT2D eigenvalue weighted by atomic mass is 16.5. The van der Waals surface area contributed by atoms with E-state index in [1.807, 2.05) is 35.0 Å². The molecular formula is C13H13N3O2. The number of imidazole rings is 1. The van der Waals surface area contributed by atoms with Gasteiger partial charge >= 0.3 is 5.97 Å². The molecule has 0 amide bonds. The Kier molecular flexibility index (Phi) is 3.43. The molecule has 2 rings (SSSR count). The van der Waals surface area contributed by atoms with Crippen LogP contribution in [0.3, 0.4) is 0 Å². The summed E-state index contributed by atoms with van der Waals surface area (Å²) >= 11 is 0. The van der Waals surface area contributed by atoms with Gasteiger partial charge in [0.15, 0.2) is 0 Å². The van der Waals surface area contributed by atoms with E-state index in [0.717, 1.165) is 5.69 Å². The van der Waals surface area contributed by atoms with Crippen LogP contribution in [0.1, 0.15) is 5.69 Å². The van der Waals surface area contributed by atoms with E-state index in [1.54, 1.807) is 12.4 Å². The average Bonchev–Trinajstić information content (AvgIpc) is 2.85. The van der Waals surface area contributed by atoms with Crippen molar-refractivity contribution in [1.29, 1.82) is 0 Å². The van der Waals surface area contributed by atoms with Crippen molar-refractivity contribution in [3.8, 4) is 5.69 Å². The summed E-state index contributed by atoms with van der Waals surface area (Å²) in [4.78, 5) is 15.1. The number of nitrogen functional groups attached to an aromatic ring is 1. The quantitative estimate of drug-likeness (QED) is 0.505. The van der Waals surface area contributed by atoms with Crippen LogP contribution in [0, 0.1) is 0 Å². The fourth-order valence-electron chi connectivity index (χ4n) is 1.43. The molecular weight excluding hydrogens is 230 g/mol. The summed E-state index contributed by atoms with van der Waals surface area (Å²) in [5, 5.41) is 0. The largest absolute Gasteiger partial charge is 0.466 e. The number of methoxy groups -OCH3 is 1. The molecule has 0 saturated heterocycles. The lowest BCUT2D eigenvalue weighted by molar-refractivity contribution is -0.134. The number of hydrogen-bond acceptors (Lipinski definition) is 4. The summed E-state index contributed by atoms with van der Waals surface area (Å²) in [7, 11) is 1.33. The zero-order valence-electron chi connectivity index (χ0n) is 9.91. The number of carbonyl (C=O) groups excluding carboxylic acids is 1. The second-order valence-electron chi connectivity index (χ2n) is 3.65. The normalized spacial score (nSPS) is 10.7. The van der Waals surface area contributed by atoms with Gasteiger partial charge < -0.3 is 15.0 Å². The number of aromatic nitrogens is 2. The third kappa shape index (κ3) is 2.76. The molecule has 2 N–H and O–H groups in total. The third-order valence-corrected chi connectivity index (χ3v) is 2.39. The van der Waals surface area contributed by atoms with Gasteiger partial charge in [0.25, 0.3) is 0 Å². The fourth-order valence-corrected chi connectivity index (χ4v) is 1.43. The molecule has 0 aliphatic heterocycles. The van der Waals surface area contributed by atoms with Crippen LogP contribution < -0.4 is 5.73 Å². The number of benzene rings is 1. The Balaban J connectivity index is 2.18. The molecule has 0 atom stereocenters. The molecule has 0 spiro atoms. The van der Waals surface area contributed by atoms with Crippen molar-refractivity contribution >= 4 is 17.7 Å². The minimum atomic E-state index is -0.406. The van der Waals surface area contributed by atoms with E-state index in [2.05, 4.69) is 9.72 Å². The fraction of sp³-hybridized carbons (Fsp3) is 0.0769.